The van der Waals surface area contributed by atoms with E-state index in [9.17, 15) is 14.4 Å². The fourth-order valence-electron chi connectivity index (χ4n) is 3.14. The van der Waals surface area contributed by atoms with Gasteiger partial charge in [-0.2, -0.15) is 0 Å². The maximum Gasteiger partial charge on any atom is 0.338 e. The number of rotatable bonds is 2. The first-order valence-corrected chi connectivity index (χ1v) is 7.68. The van der Waals surface area contributed by atoms with Crippen LogP contribution in [0.1, 0.15) is 54.7 Å². The molecule has 1 aliphatic heterocycles. The molecule has 0 fully saturated rings. The fraction of sp³-hybridized carbons (Fsp3) is 0.389. The molecular weight excluding hydrogens is 294 g/mol. The van der Waals surface area contributed by atoms with Crippen LogP contribution in [0.3, 0.4) is 0 Å². The second kappa shape index (κ2) is 5.33. The van der Waals surface area contributed by atoms with Gasteiger partial charge in [-0.1, -0.05) is 12.1 Å². The van der Waals surface area contributed by atoms with Crippen molar-refractivity contribution in [3.63, 3.8) is 0 Å². The highest BCUT2D eigenvalue weighted by Crippen LogP contribution is 2.39. The molecule has 3 rings (SSSR count). The molecule has 2 aliphatic rings. The maximum absolute atomic E-state index is 12.4. The van der Waals surface area contributed by atoms with Crippen molar-refractivity contribution in [3.05, 3.63) is 47.0 Å². The second-order valence-electron chi connectivity index (χ2n) is 6.81. The highest BCUT2D eigenvalue weighted by atomic mass is 16.6. The van der Waals surface area contributed by atoms with E-state index in [-0.39, 0.29) is 23.8 Å². The number of benzene rings is 1. The van der Waals surface area contributed by atoms with Crippen LogP contribution in [0.4, 0.5) is 0 Å². The second-order valence-corrected chi connectivity index (χ2v) is 6.81. The van der Waals surface area contributed by atoms with Crippen molar-refractivity contribution < 1.29 is 19.1 Å². The van der Waals surface area contributed by atoms with Gasteiger partial charge in [-0.05, 0) is 50.8 Å². The fourth-order valence-corrected chi connectivity index (χ4v) is 3.14. The van der Waals surface area contributed by atoms with Crippen molar-refractivity contribution in [2.45, 2.75) is 45.3 Å². The lowest BCUT2D eigenvalue weighted by molar-refractivity contribution is -0.139. The Bertz CT molecular complexity index is 709. The first-order valence-electron chi connectivity index (χ1n) is 7.68. The standard InChI is InChI=1S/C18H19NO4/c1-18(2,3)23-17(22)13-6-4-5-12-11(13)7-8-14(12)19-15(20)9-10-16(19)21/h4-6,9-10,14H,7-8H2,1-3H3/t14-/m0/s1. The predicted octanol–water partition coefficient (Wildman–Crippen LogP) is 2.55. The lowest BCUT2D eigenvalue weighted by atomic mass is 10.0. The van der Waals surface area contributed by atoms with Crippen LogP contribution in [0.2, 0.25) is 0 Å². The number of esters is 1. The van der Waals surface area contributed by atoms with Crippen LogP contribution in [-0.4, -0.2) is 28.3 Å². The van der Waals surface area contributed by atoms with Crippen molar-refractivity contribution in [3.8, 4) is 0 Å². The summed E-state index contributed by atoms with van der Waals surface area (Å²) in [7, 11) is 0. The lowest BCUT2D eigenvalue weighted by Crippen LogP contribution is -2.33. The third kappa shape index (κ3) is 2.79. The molecule has 0 N–H and O–H groups in total. The van der Waals surface area contributed by atoms with E-state index in [1.165, 1.54) is 17.1 Å². The van der Waals surface area contributed by atoms with E-state index in [2.05, 4.69) is 0 Å². The summed E-state index contributed by atoms with van der Waals surface area (Å²) in [4.78, 5) is 37.5. The van der Waals surface area contributed by atoms with Gasteiger partial charge in [0.25, 0.3) is 11.8 Å². The molecular formula is C18H19NO4. The summed E-state index contributed by atoms with van der Waals surface area (Å²) >= 11 is 0. The zero-order chi connectivity index (χ0) is 16.8. The molecule has 0 saturated heterocycles. The van der Waals surface area contributed by atoms with Gasteiger partial charge in [0, 0.05) is 12.2 Å². The summed E-state index contributed by atoms with van der Waals surface area (Å²) in [5, 5.41) is 0. The number of carbonyl (C=O) groups excluding carboxylic acids is 3. The van der Waals surface area contributed by atoms with Crippen LogP contribution in [0, 0.1) is 0 Å². The van der Waals surface area contributed by atoms with Gasteiger partial charge in [0.1, 0.15) is 5.60 Å². The average molecular weight is 313 g/mol. The van der Waals surface area contributed by atoms with Crippen molar-refractivity contribution in [2.24, 2.45) is 0 Å². The number of hydrogen-bond donors (Lipinski definition) is 0. The summed E-state index contributed by atoms with van der Waals surface area (Å²) in [6, 6.07) is 5.08. The number of nitrogens with zero attached hydrogens (tertiary/aromatic N) is 1. The normalized spacial score (nSPS) is 20.1. The molecule has 0 unspecified atom stereocenters. The molecule has 0 spiro atoms. The van der Waals surface area contributed by atoms with E-state index in [1.54, 1.807) is 12.1 Å². The molecule has 5 nitrogen and oxygen atoms in total. The molecule has 0 bridgehead atoms. The van der Waals surface area contributed by atoms with Crippen molar-refractivity contribution in [2.75, 3.05) is 0 Å². The summed E-state index contributed by atoms with van der Waals surface area (Å²) < 4.78 is 5.45. The average Bonchev–Trinajstić information content (AvgIpc) is 3.00. The van der Waals surface area contributed by atoms with Gasteiger partial charge in [-0.15, -0.1) is 0 Å². The third-order valence-electron chi connectivity index (χ3n) is 4.01. The number of hydrogen-bond acceptors (Lipinski definition) is 4. The Morgan fingerprint density at radius 2 is 1.83 bits per heavy atom. The number of fused-ring (bicyclic) bond motifs is 1. The summed E-state index contributed by atoms with van der Waals surface area (Å²) in [5.41, 5.74) is 1.69. The summed E-state index contributed by atoms with van der Waals surface area (Å²) in [6.45, 7) is 5.47. The summed E-state index contributed by atoms with van der Waals surface area (Å²) in [6.07, 6.45) is 3.86. The predicted molar refractivity (Wildman–Crippen MR) is 83.7 cm³/mol. The first-order chi connectivity index (χ1) is 10.8. The molecule has 0 aromatic heterocycles. The molecule has 1 atom stereocenters. The van der Waals surface area contributed by atoms with Crippen LogP contribution in [0.25, 0.3) is 0 Å². The minimum atomic E-state index is -0.567. The largest absolute Gasteiger partial charge is 0.456 e. The Kier molecular flexibility index (Phi) is 3.59. The summed E-state index contributed by atoms with van der Waals surface area (Å²) in [5.74, 6) is -0.960. The minimum absolute atomic E-state index is 0.296. The Balaban J connectivity index is 1.94. The van der Waals surface area contributed by atoms with Gasteiger partial charge >= 0.3 is 5.97 Å². The Hall–Kier alpha value is -2.43. The van der Waals surface area contributed by atoms with Crippen molar-refractivity contribution in [1.29, 1.82) is 0 Å². The topological polar surface area (TPSA) is 63.7 Å². The van der Waals surface area contributed by atoms with Crippen molar-refractivity contribution >= 4 is 17.8 Å². The van der Waals surface area contributed by atoms with Gasteiger partial charge in [0.15, 0.2) is 0 Å². The van der Waals surface area contributed by atoms with Crippen LogP contribution < -0.4 is 0 Å². The zero-order valence-electron chi connectivity index (χ0n) is 13.5. The number of ether oxygens (including phenoxy) is 1. The SMILES string of the molecule is CC(C)(C)OC(=O)c1cccc2c1CC[C@@H]2N1C(=O)C=CC1=O. The Morgan fingerprint density at radius 3 is 2.43 bits per heavy atom. The van der Waals surface area contributed by atoms with E-state index in [4.69, 9.17) is 4.74 Å². The van der Waals surface area contributed by atoms with Gasteiger partial charge in [-0.3, -0.25) is 14.5 Å². The molecule has 0 radical (unpaired) electrons. The molecule has 2 amide bonds. The molecule has 1 aliphatic carbocycles. The molecule has 23 heavy (non-hydrogen) atoms. The molecule has 5 heteroatoms. The molecule has 120 valence electrons. The molecule has 0 saturated carbocycles. The third-order valence-corrected chi connectivity index (χ3v) is 4.01. The van der Waals surface area contributed by atoms with E-state index in [1.807, 2.05) is 26.8 Å². The van der Waals surface area contributed by atoms with E-state index >= 15 is 0 Å². The quantitative estimate of drug-likeness (QED) is 0.622. The number of imide groups is 1. The minimum Gasteiger partial charge on any atom is -0.456 e. The van der Waals surface area contributed by atoms with Gasteiger partial charge in [0.05, 0.1) is 11.6 Å². The van der Waals surface area contributed by atoms with E-state index in [0.717, 1.165) is 11.1 Å². The smallest absolute Gasteiger partial charge is 0.338 e. The first kappa shape index (κ1) is 15.5. The molecule has 1 aromatic carbocycles. The van der Waals surface area contributed by atoms with Crippen molar-refractivity contribution in [1.82, 2.24) is 4.90 Å². The zero-order valence-corrected chi connectivity index (χ0v) is 13.5. The Labute approximate surface area is 134 Å². The number of amides is 2. The lowest BCUT2D eigenvalue weighted by Gasteiger charge is -2.23. The van der Waals surface area contributed by atoms with Gasteiger partial charge in [0.2, 0.25) is 0 Å². The van der Waals surface area contributed by atoms with Gasteiger partial charge < -0.3 is 4.74 Å². The van der Waals surface area contributed by atoms with E-state index in [0.29, 0.717) is 18.4 Å². The van der Waals surface area contributed by atoms with Crippen LogP contribution in [0.15, 0.2) is 30.4 Å². The highest BCUT2D eigenvalue weighted by Gasteiger charge is 2.37. The molecule has 1 aromatic rings. The monoisotopic (exact) mass is 313 g/mol. The van der Waals surface area contributed by atoms with Crippen LogP contribution in [-0.2, 0) is 20.7 Å². The molecule has 1 heterocycles. The number of carbonyl (C=O) groups is 3. The van der Waals surface area contributed by atoms with E-state index < -0.39 is 5.60 Å². The van der Waals surface area contributed by atoms with Gasteiger partial charge in [-0.25, -0.2) is 4.79 Å². The Morgan fingerprint density at radius 1 is 1.17 bits per heavy atom. The highest BCUT2D eigenvalue weighted by molar-refractivity contribution is 6.13. The van der Waals surface area contributed by atoms with Crippen LogP contribution >= 0.6 is 0 Å². The van der Waals surface area contributed by atoms with Crippen LogP contribution in [0.5, 0.6) is 0 Å². The maximum atomic E-state index is 12.4.